The first-order chi connectivity index (χ1) is 9.60. The molecule has 3 rings (SSSR count). The number of carbonyl (C=O) groups excluding carboxylic acids is 1. The lowest BCUT2D eigenvalue weighted by Crippen LogP contribution is -2.39. The number of amides is 1. The predicted octanol–water partition coefficient (Wildman–Crippen LogP) is 3.45. The predicted molar refractivity (Wildman–Crippen MR) is 82.7 cm³/mol. The molecule has 20 heavy (non-hydrogen) atoms. The lowest BCUT2D eigenvalue weighted by molar-refractivity contribution is -0.132. The molecule has 3 unspecified atom stereocenters. The fourth-order valence-electron chi connectivity index (χ4n) is 3.16. The molecular formula is C16H24N2OS. The van der Waals surface area contributed by atoms with Gasteiger partial charge < -0.3 is 4.90 Å². The van der Waals surface area contributed by atoms with Gasteiger partial charge >= 0.3 is 0 Å². The van der Waals surface area contributed by atoms with E-state index in [0.717, 1.165) is 12.3 Å². The first-order valence-electron chi connectivity index (χ1n) is 7.74. The Labute approximate surface area is 125 Å². The molecule has 1 amide bonds. The number of carbonyl (C=O) groups is 1. The summed E-state index contributed by atoms with van der Waals surface area (Å²) in [4.78, 5) is 17.3. The smallest absolute Gasteiger partial charge is 0.241 e. The highest BCUT2D eigenvalue weighted by atomic mass is 32.1. The zero-order chi connectivity index (χ0) is 14.3. The van der Waals surface area contributed by atoms with E-state index < -0.39 is 0 Å². The first-order valence-corrected chi connectivity index (χ1v) is 8.56. The minimum absolute atomic E-state index is 0.0596. The molecule has 1 aliphatic heterocycles. The van der Waals surface area contributed by atoms with Crippen molar-refractivity contribution in [3.8, 4) is 0 Å². The van der Waals surface area contributed by atoms with Crippen molar-refractivity contribution in [3.05, 3.63) is 21.9 Å². The zero-order valence-corrected chi connectivity index (χ0v) is 13.4. The molecule has 1 saturated heterocycles. The van der Waals surface area contributed by atoms with Gasteiger partial charge in [-0.3, -0.25) is 10.1 Å². The Morgan fingerprint density at radius 3 is 2.75 bits per heavy atom. The second-order valence-electron chi connectivity index (χ2n) is 6.23. The van der Waals surface area contributed by atoms with Crippen molar-refractivity contribution < 1.29 is 4.79 Å². The number of aryl methyl sites for hydroxylation is 1. The summed E-state index contributed by atoms with van der Waals surface area (Å²) in [7, 11) is 0. The van der Waals surface area contributed by atoms with Crippen LogP contribution in [0.5, 0.6) is 0 Å². The Kier molecular flexibility index (Phi) is 3.87. The van der Waals surface area contributed by atoms with E-state index in [-0.39, 0.29) is 18.1 Å². The summed E-state index contributed by atoms with van der Waals surface area (Å²) < 4.78 is 0. The van der Waals surface area contributed by atoms with Gasteiger partial charge in [-0.2, -0.15) is 0 Å². The van der Waals surface area contributed by atoms with Crippen LogP contribution < -0.4 is 5.32 Å². The van der Waals surface area contributed by atoms with Crippen LogP contribution in [-0.2, 0) is 4.79 Å². The molecule has 4 heteroatoms. The van der Waals surface area contributed by atoms with Gasteiger partial charge in [0, 0.05) is 15.8 Å². The molecule has 2 heterocycles. The molecule has 0 bridgehead atoms. The molecule has 3 atom stereocenters. The monoisotopic (exact) mass is 292 g/mol. The largest absolute Gasteiger partial charge is 0.318 e. The van der Waals surface area contributed by atoms with Crippen molar-refractivity contribution in [1.29, 1.82) is 0 Å². The average molecular weight is 292 g/mol. The molecular weight excluding hydrogens is 268 g/mol. The number of hydrogen-bond acceptors (Lipinski definition) is 3. The Balaban J connectivity index is 1.84. The van der Waals surface area contributed by atoms with Gasteiger partial charge in [-0.05, 0) is 44.7 Å². The molecule has 3 nitrogen and oxygen atoms in total. The van der Waals surface area contributed by atoms with Crippen LogP contribution in [0.3, 0.4) is 0 Å². The van der Waals surface area contributed by atoms with Gasteiger partial charge in [0.05, 0.1) is 6.04 Å². The van der Waals surface area contributed by atoms with E-state index >= 15 is 0 Å². The standard InChI is InChI=1S/C16H24N2OS/c1-4-13(9-12-6-7-12)18-15(17-11(3)16(18)19)14-8-5-10(2)20-14/h5,8,11-13,15,17H,4,6-7,9H2,1-3H3. The fourth-order valence-corrected chi connectivity index (χ4v) is 4.10. The second-order valence-corrected chi connectivity index (χ2v) is 7.55. The molecule has 0 aromatic carbocycles. The highest BCUT2D eigenvalue weighted by molar-refractivity contribution is 7.12. The maximum absolute atomic E-state index is 12.6. The number of hydrogen-bond donors (Lipinski definition) is 1. The number of nitrogens with one attached hydrogen (secondary N) is 1. The van der Waals surface area contributed by atoms with Crippen LogP contribution in [-0.4, -0.2) is 22.9 Å². The Bertz CT molecular complexity index is 494. The molecule has 1 N–H and O–H groups in total. The van der Waals surface area contributed by atoms with Gasteiger partial charge in [0.2, 0.25) is 5.91 Å². The van der Waals surface area contributed by atoms with Gasteiger partial charge in [0.1, 0.15) is 6.17 Å². The summed E-state index contributed by atoms with van der Waals surface area (Å²) in [5, 5.41) is 3.48. The van der Waals surface area contributed by atoms with Crippen molar-refractivity contribution in [3.63, 3.8) is 0 Å². The van der Waals surface area contributed by atoms with E-state index in [1.165, 1.54) is 29.0 Å². The third-order valence-electron chi connectivity index (χ3n) is 4.51. The van der Waals surface area contributed by atoms with Gasteiger partial charge in [-0.1, -0.05) is 19.8 Å². The quantitative estimate of drug-likeness (QED) is 0.901. The van der Waals surface area contributed by atoms with Crippen LogP contribution in [0.2, 0.25) is 0 Å². The molecule has 0 spiro atoms. The molecule has 1 aliphatic carbocycles. The van der Waals surface area contributed by atoms with Crippen molar-refractivity contribution in [2.75, 3.05) is 0 Å². The lowest BCUT2D eigenvalue weighted by Gasteiger charge is -2.32. The fraction of sp³-hybridized carbons (Fsp3) is 0.688. The SMILES string of the molecule is CCC(CC1CC1)N1C(=O)C(C)NC1c1ccc(C)s1. The van der Waals surface area contributed by atoms with Gasteiger partial charge in [-0.25, -0.2) is 0 Å². The third-order valence-corrected chi connectivity index (χ3v) is 5.56. The summed E-state index contributed by atoms with van der Waals surface area (Å²) in [5.74, 6) is 1.13. The highest BCUT2D eigenvalue weighted by Gasteiger charge is 2.42. The van der Waals surface area contributed by atoms with Crippen LogP contribution >= 0.6 is 11.3 Å². The Morgan fingerprint density at radius 2 is 2.20 bits per heavy atom. The van der Waals surface area contributed by atoms with E-state index in [1.54, 1.807) is 11.3 Å². The average Bonchev–Trinajstić information content (AvgIpc) is 3.07. The Morgan fingerprint density at radius 1 is 1.45 bits per heavy atom. The van der Waals surface area contributed by atoms with Crippen molar-refractivity contribution in [1.82, 2.24) is 10.2 Å². The number of thiophene rings is 1. The maximum Gasteiger partial charge on any atom is 0.241 e. The van der Waals surface area contributed by atoms with Gasteiger partial charge in [0.15, 0.2) is 0 Å². The van der Waals surface area contributed by atoms with E-state index in [4.69, 9.17) is 0 Å². The van der Waals surface area contributed by atoms with Crippen LogP contribution in [0.1, 0.15) is 55.5 Å². The number of nitrogens with zero attached hydrogens (tertiary/aromatic N) is 1. The summed E-state index contributed by atoms with van der Waals surface area (Å²) in [6.45, 7) is 6.32. The van der Waals surface area contributed by atoms with E-state index in [2.05, 4.69) is 36.2 Å². The molecule has 110 valence electrons. The maximum atomic E-state index is 12.6. The summed E-state index contributed by atoms with van der Waals surface area (Å²) in [6, 6.07) is 4.64. The molecule has 2 aliphatic rings. The van der Waals surface area contributed by atoms with Crippen molar-refractivity contribution in [2.24, 2.45) is 5.92 Å². The van der Waals surface area contributed by atoms with E-state index in [1.807, 2.05) is 6.92 Å². The molecule has 0 radical (unpaired) electrons. The van der Waals surface area contributed by atoms with Crippen molar-refractivity contribution in [2.45, 2.75) is 64.7 Å². The summed E-state index contributed by atoms with van der Waals surface area (Å²) >= 11 is 1.80. The third kappa shape index (κ3) is 2.63. The van der Waals surface area contributed by atoms with Crippen LogP contribution in [0, 0.1) is 12.8 Å². The first kappa shape index (κ1) is 14.1. The minimum atomic E-state index is -0.0596. The Hall–Kier alpha value is -0.870. The second kappa shape index (κ2) is 5.49. The topological polar surface area (TPSA) is 32.3 Å². The number of rotatable bonds is 5. The molecule has 1 aromatic rings. The molecule has 1 aromatic heterocycles. The normalized spacial score (nSPS) is 28.1. The van der Waals surface area contributed by atoms with Crippen molar-refractivity contribution >= 4 is 17.2 Å². The van der Waals surface area contributed by atoms with Crippen LogP contribution in [0.25, 0.3) is 0 Å². The van der Waals surface area contributed by atoms with Crippen LogP contribution in [0.15, 0.2) is 12.1 Å². The van der Waals surface area contributed by atoms with Gasteiger partial charge in [0.25, 0.3) is 0 Å². The molecule has 1 saturated carbocycles. The lowest BCUT2D eigenvalue weighted by atomic mass is 10.1. The van der Waals surface area contributed by atoms with E-state index in [0.29, 0.717) is 6.04 Å². The van der Waals surface area contributed by atoms with Gasteiger partial charge in [-0.15, -0.1) is 11.3 Å². The van der Waals surface area contributed by atoms with E-state index in [9.17, 15) is 4.79 Å². The summed E-state index contributed by atoms with van der Waals surface area (Å²) in [5.41, 5.74) is 0. The van der Waals surface area contributed by atoms with Crippen LogP contribution in [0.4, 0.5) is 0 Å². The zero-order valence-electron chi connectivity index (χ0n) is 12.6. The summed E-state index contributed by atoms with van der Waals surface area (Å²) in [6.07, 6.45) is 5.02. The molecule has 2 fully saturated rings. The highest BCUT2D eigenvalue weighted by Crippen LogP contribution is 2.39. The minimum Gasteiger partial charge on any atom is -0.318 e.